The number of nitrogens with one attached hydrogen (secondary N) is 2. The molecular weight excluding hydrogens is 439 g/mol. The van der Waals surface area contributed by atoms with Gasteiger partial charge >= 0.3 is 11.8 Å². The van der Waals surface area contributed by atoms with Crippen molar-refractivity contribution in [2.24, 2.45) is 0 Å². The largest absolute Gasteiger partial charge is 0.346 e. The van der Waals surface area contributed by atoms with E-state index >= 15 is 0 Å². The van der Waals surface area contributed by atoms with Gasteiger partial charge in [0.15, 0.2) is 9.84 Å². The number of benzene rings is 2. The number of sulfone groups is 1. The van der Waals surface area contributed by atoms with Crippen molar-refractivity contribution >= 4 is 33.0 Å². The lowest BCUT2D eigenvalue weighted by molar-refractivity contribution is -0.139. The summed E-state index contributed by atoms with van der Waals surface area (Å²) < 4.78 is 39.3. The molecule has 31 heavy (non-hydrogen) atoms. The van der Waals surface area contributed by atoms with Gasteiger partial charge in [0.25, 0.3) is 0 Å². The SMILES string of the molecule is Cc1ccc(S(=O)(=O)[C@@H](CNC(=O)C(=O)NCc2ccc(F)cc2)c2cccs2)cc1. The van der Waals surface area contributed by atoms with Crippen molar-refractivity contribution < 1.29 is 22.4 Å². The molecule has 3 rings (SSSR count). The first-order valence-electron chi connectivity index (χ1n) is 9.42. The van der Waals surface area contributed by atoms with Crippen molar-refractivity contribution in [1.29, 1.82) is 0 Å². The van der Waals surface area contributed by atoms with Crippen LogP contribution in [0, 0.1) is 12.7 Å². The third-order valence-corrected chi connectivity index (χ3v) is 7.84. The van der Waals surface area contributed by atoms with Crippen LogP contribution in [0.3, 0.4) is 0 Å². The lowest BCUT2D eigenvalue weighted by Crippen LogP contribution is -2.42. The van der Waals surface area contributed by atoms with Gasteiger partial charge in [0.1, 0.15) is 11.1 Å². The first-order chi connectivity index (χ1) is 14.8. The summed E-state index contributed by atoms with van der Waals surface area (Å²) in [5, 5.41) is 5.58. The number of aryl methyl sites for hydroxylation is 1. The van der Waals surface area contributed by atoms with E-state index in [2.05, 4.69) is 10.6 Å². The van der Waals surface area contributed by atoms with Crippen molar-refractivity contribution in [2.75, 3.05) is 6.54 Å². The summed E-state index contributed by atoms with van der Waals surface area (Å²) in [6, 6.07) is 15.4. The summed E-state index contributed by atoms with van der Waals surface area (Å²) in [5.41, 5.74) is 1.55. The number of hydrogen-bond acceptors (Lipinski definition) is 5. The van der Waals surface area contributed by atoms with Gasteiger partial charge in [0, 0.05) is 18.0 Å². The third-order valence-electron chi connectivity index (χ3n) is 4.61. The monoisotopic (exact) mass is 460 g/mol. The summed E-state index contributed by atoms with van der Waals surface area (Å²) in [6.07, 6.45) is 0. The lowest BCUT2D eigenvalue weighted by atomic mass is 10.2. The van der Waals surface area contributed by atoms with Crippen LogP contribution < -0.4 is 10.6 Å². The Morgan fingerprint density at radius 2 is 1.61 bits per heavy atom. The molecule has 162 valence electrons. The van der Waals surface area contributed by atoms with E-state index in [1.54, 1.807) is 29.6 Å². The van der Waals surface area contributed by atoms with E-state index in [-0.39, 0.29) is 18.0 Å². The molecule has 2 aromatic carbocycles. The highest BCUT2D eigenvalue weighted by molar-refractivity contribution is 7.91. The fraction of sp³-hybridized carbons (Fsp3) is 0.182. The Hall–Kier alpha value is -3.04. The first-order valence-corrected chi connectivity index (χ1v) is 11.8. The van der Waals surface area contributed by atoms with Crippen LogP contribution in [0.25, 0.3) is 0 Å². The minimum absolute atomic E-state index is 0.0442. The molecule has 6 nitrogen and oxygen atoms in total. The summed E-state index contributed by atoms with van der Waals surface area (Å²) in [4.78, 5) is 25.0. The average Bonchev–Trinajstić information content (AvgIpc) is 3.27. The van der Waals surface area contributed by atoms with Crippen molar-refractivity contribution in [3.05, 3.63) is 87.9 Å². The summed E-state index contributed by atoms with van der Waals surface area (Å²) >= 11 is 1.26. The van der Waals surface area contributed by atoms with Crippen molar-refractivity contribution in [2.45, 2.75) is 23.6 Å². The number of amides is 2. The van der Waals surface area contributed by atoms with E-state index < -0.39 is 32.7 Å². The molecule has 1 heterocycles. The molecule has 1 aromatic heterocycles. The average molecular weight is 461 g/mol. The van der Waals surface area contributed by atoms with Crippen molar-refractivity contribution in [3.63, 3.8) is 0 Å². The molecule has 0 fully saturated rings. The van der Waals surface area contributed by atoms with Crippen LogP contribution in [0.5, 0.6) is 0 Å². The van der Waals surface area contributed by atoms with Gasteiger partial charge in [0.2, 0.25) is 0 Å². The van der Waals surface area contributed by atoms with E-state index in [1.165, 1.54) is 47.7 Å². The Morgan fingerprint density at radius 1 is 0.968 bits per heavy atom. The summed E-state index contributed by atoms with van der Waals surface area (Å²) in [5.74, 6) is -2.24. The molecule has 0 unspecified atom stereocenters. The standard InChI is InChI=1S/C22H21FN2O4S2/c1-15-4-10-18(11-5-15)31(28,29)20(19-3-2-12-30-19)14-25-22(27)21(26)24-13-16-6-8-17(23)9-7-16/h2-12,20H,13-14H2,1H3,(H,24,26)(H,25,27)/t20-/m0/s1. The highest BCUT2D eigenvalue weighted by Crippen LogP contribution is 2.31. The number of hydrogen-bond donors (Lipinski definition) is 2. The Morgan fingerprint density at radius 3 is 2.23 bits per heavy atom. The molecule has 0 bridgehead atoms. The van der Waals surface area contributed by atoms with Gasteiger partial charge in [-0.05, 0) is 48.2 Å². The molecule has 0 radical (unpaired) electrons. The molecule has 3 aromatic rings. The van der Waals surface area contributed by atoms with Crippen LogP contribution in [0.15, 0.2) is 70.9 Å². The molecule has 2 amide bonds. The van der Waals surface area contributed by atoms with Crippen molar-refractivity contribution in [1.82, 2.24) is 10.6 Å². The molecule has 0 saturated heterocycles. The predicted octanol–water partition coefficient (Wildman–Crippen LogP) is 3.14. The van der Waals surface area contributed by atoms with Crippen LogP contribution in [0.1, 0.15) is 21.3 Å². The molecule has 1 atom stereocenters. The first kappa shape index (κ1) is 22.6. The van der Waals surface area contributed by atoms with E-state index in [0.717, 1.165) is 5.56 Å². The van der Waals surface area contributed by atoms with Crippen molar-refractivity contribution in [3.8, 4) is 0 Å². The number of rotatable bonds is 7. The lowest BCUT2D eigenvalue weighted by Gasteiger charge is -2.17. The van der Waals surface area contributed by atoms with Crippen LogP contribution in [-0.4, -0.2) is 26.8 Å². The molecule has 0 aliphatic carbocycles. The Kier molecular flexibility index (Phi) is 7.19. The van der Waals surface area contributed by atoms with E-state index in [4.69, 9.17) is 0 Å². The van der Waals surface area contributed by atoms with Crippen LogP contribution >= 0.6 is 11.3 Å². The molecule has 0 spiro atoms. The second-order valence-corrected chi connectivity index (χ2v) is 9.99. The van der Waals surface area contributed by atoms with E-state index in [0.29, 0.717) is 10.4 Å². The van der Waals surface area contributed by atoms with Crippen LogP contribution in [-0.2, 0) is 26.0 Å². The Labute approximate surface area is 184 Å². The van der Waals surface area contributed by atoms with E-state index in [9.17, 15) is 22.4 Å². The maximum atomic E-state index is 13.2. The zero-order chi connectivity index (χ0) is 22.4. The number of halogens is 1. The molecule has 0 aliphatic rings. The van der Waals surface area contributed by atoms with Crippen LogP contribution in [0.2, 0.25) is 0 Å². The van der Waals surface area contributed by atoms with Gasteiger partial charge in [-0.25, -0.2) is 12.8 Å². The zero-order valence-electron chi connectivity index (χ0n) is 16.7. The van der Waals surface area contributed by atoms with Gasteiger partial charge < -0.3 is 10.6 Å². The third kappa shape index (κ3) is 5.77. The fourth-order valence-electron chi connectivity index (χ4n) is 2.86. The molecule has 0 saturated carbocycles. The highest BCUT2D eigenvalue weighted by Gasteiger charge is 2.31. The molecule has 9 heteroatoms. The highest BCUT2D eigenvalue weighted by atomic mass is 32.2. The second kappa shape index (κ2) is 9.84. The van der Waals surface area contributed by atoms with Crippen LogP contribution in [0.4, 0.5) is 4.39 Å². The number of carbonyl (C=O) groups excluding carboxylic acids is 2. The van der Waals surface area contributed by atoms with Gasteiger partial charge in [-0.15, -0.1) is 11.3 Å². The topological polar surface area (TPSA) is 92.3 Å². The van der Waals surface area contributed by atoms with Gasteiger partial charge in [-0.1, -0.05) is 35.9 Å². The number of carbonyl (C=O) groups is 2. The minimum Gasteiger partial charge on any atom is -0.346 e. The fourth-order valence-corrected chi connectivity index (χ4v) is 5.64. The van der Waals surface area contributed by atoms with Gasteiger partial charge in [0.05, 0.1) is 4.90 Å². The zero-order valence-corrected chi connectivity index (χ0v) is 18.3. The summed E-state index contributed by atoms with van der Waals surface area (Å²) in [7, 11) is -3.79. The number of thiophene rings is 1. The smallest absolute Gasteiger partial charge is 0.309 e. The maximum Gasteiger partial charge on any atom is 0.309 e. The predicted molar refractivity (Wildman–Crippen MR) is 117 cm³/mol. The normalized spacial score (nSPS) is 12.2. The Bertz CT molecular complexity index is 1140. The maximum absolute atomic E-state index is 13.2. The quantitative estimate of drug-likeness (QED) is 0.530. The minimum atomic E-state index is -3.79. The van der Waals surface area contributed by atoms with Gasteiger partial charge in [-0.2, -0.15) is 0 Å². The second-order valence-electron chi connectivity index (χ2n) is 6.88. The Balaban J connectivity index is 1.68. The molecule has 2 N–H and O–H groups in total. The molecular formula is C22H21FN2O4S2. The molecule has 0 aliphatic heterocycles. The van der Waals surface area contributed by atoms with E-state index in [1.807, 2.05) is 6.92 Å². The van der Waals surface area contributed by atoms with Gasteiger partial charge in [-0.3, -0.25) is 9.59 Å². The summed E-state index contributed by atoms with van der Waals surface area (Å²) in [6.45, 7) is 1.65.